The molecule has 0 bridgehead atoms. The van der Waals surface area contributed by atoms with Gasteiger partial charge in [-0.05, 0) is 23.2 Å². The zero-order valence-electron chi connectivity index (χ0n) is 7.38. The van der Waals surface area contributed by atoms with E-state index in [2.05, 4.69) is 0 Å². The fraction of sp³-hybridized carbons (Fsp3) is 0.250. The molecule has 1 aromatic carbocycles. The van der Waals surface area contributed by atoms with Gasteiger partial charge in [0.25, 0.3) is 0 Å². The lowest BCUT2D eigenvalue weighted by molar-refractivity contribution is -0.138. The van der Waals surface area contributed by atoms with Crippen LogP contribution in [-0.2, 0) is 17.4 Å². The van der Waals surface area contributed by atoms with Crippen LogP contribution in [0, 0.1) is 0 Å². The first kappa shape index (κ1) is 10.3. The molecule has 1 aliphatic rings. The smallest absolute Gasteiger partial charge is 0.491 e. The average molecular weight is 218 g/mol. The Hall–Kier alpha value is -1.21. The minimum Gasteiger partial charge on any atom is -0.507 e. The monoisotopic (exact) mass is 218 g/mol. The first-order chi connectivity index (χ1) is 6.89. The van der Waals surface area contributed by atoms with Crippen LogP contribution in [0.2, 0.25) is 0 Å². The Morgan fingerprint density at radius 1 is 1.33 bits per heavy atom. The second-order valence-corrected chi connectivity index (χ2v) is 3.23. The molecule has 7 heteroatoms. The van der Waals surface area contributed by atoms with Gasteiger partial charge in [-0.25, -0.2) is 0 Å². The summed E-state index contributed by atoms with van der Waals surface area (Å²) in [5, 5.41) is 18.3. The number of aromatic hydroxyl groups is 1. The van der Waals surface area contributed by atoms with E-state index in [9.17, 15) is 18.2 Å². The molecule has 1 aliphatic heterocycles. The third-order valence-corrected chi connectivity index (χ3v) is 2.23. The highest BCUT2D eigenvalue weighted by Crippen LogP contribution is 2.36. The summed E-state index contributed by atoms with van der Waals surface area (Å²) in [6.45, 7) is -0.0835. The van der Waals surface area contributed by atoms with Crippen LogP contribution in [0.3, 0.4) is 0 Å². The number of alkyl halides is 3. The Morgan fingerprint density at radius 3 is 2.60 bits per heavy atom. The Labute approximate surface area is 83.2 Å². The molecule has 1 aromatic rings. The van der Waals surface area contributed by atoms with Crippen molar-refractivity contribution in [2.45, 2.75) is 12.8 Å². The van der Waals surface area contributed by atoms with Gasteiger partial charge in [0.05, 0.1) is 12.2 Å². The predicted molar refractivity (Wildman–Crippen MR) is 45.5 cm³/mol. The van der Waals surface area contributed by atoms with Crippen molar-refractivity contribution in [2.75, 3.05) is 0 Å². The summed E-state index contributed by atoms with van der Waals surface area (Å²) in [7, 11) is -1.26. The maximum Gasteiger partial charge on any atom is 0.491 e. The SMILES string of the molecule is OB1OCc2cc(C(F)(F)F)c(O)cc21. The van der Waals surface area contributed by atoms with Crippen molar-refractivity contribution >= 4 is 12.6 Å². The zero-order chi connectivity index (χ0) is 11.2. The van der Waals surface area contributed by atoms with Crippen LogP contribution in [0.5, 0.6) is 5.75 Å². The highest BCUT2D eigenvalue weighted by Gasteiger charge is 2.37. The second kappa shape index (κ2) is 3.14. The van der Waals surface area contributed by atoms with E-state index in [1.165, 1.54) is 0 Å². The van der Waals surface area contributed by atoms with Crippen molar-refractivity contribution in [1.82, 2.24) is 0 Å². The molecule has 3 nitrogen and oxygen atoms in total. The molecular weight excluding hydrogens is 212 g/mol. The van der Waals surface area contributed by atoms with Crippen LogP contribution in [0.15, 0.2) is 12.1 Å². The van der Waals surface area contributed by atoms with Gasteiger partial charge in [0.2, 0.25) is 0 Å². The number of fused-ring (bicyclic) bond motifs is 1. The molecule has 0 aliphatic carbocycles. The largest absolute Gasteiger partial charge is 0.507 e. The minimum atomic E-state index is -4.60. The van der Waals surface area contributed by atoms with E-state index in [1.54, 1.807) is 0 Å². The van der Waals surface area contributed by atoms with Gasteiger partial charge < -0.3 is 14.8 Å². The third-order valence-electron chi connectivity index (χ3n) is 2.23. The van der Waals surface area contributed by atoms with Crippen LogP contribution in [0.1, 0.15) is 11.1 Å². The highest BCUT2D eigenvalue weighted by molar-refractivity contribution is 6.61. The quantitative estimate of drug-likeness (QED) is 0.627. The minimum absolute atomic E-state index is 0.0835. The van der Waals surface area contributed by atoms with Crippen LogP contribution in [-0.4, -0.2) is 17.2 Å². The lowest BCUT2D eigenvalue weighted by Crippen LogP contribution is -2.28. The summed E-state index contributed by atoms with van der Waals surface area (Å²) in [4.78, 5) is 0. The topological polar surface area (TPSA) is 49.7 Å². The van der Waals surface area contributed by atoms with Crippen molar-refractivity contribution in [3.8, 4) is 5.75 Å². The number of phenols is 1. The van der Waals surface area contributed by atoms with E-state index in [0.717, 1.165) is 12.1 Å². The maximum absolute atomic E-state index is 12.4. The van der Waals surface area contributed by atoms with E-state index in [-0.39, 0.29) is 17.6 Å². The second-order valence-electron chi connectivity index (χ2n) is 3.23. The van der Waals surface area contributed by atoms with Gasteiger partial charge in [0, 0.05) is 0 Å². The number of benzene rings is 1. The van der Waals surface area contributed by atoms with Crippen molar-refractivity contribution in [2.24, 2.45) is 0 Å². The van der Waals surface area contributed by atoms with Crippen molar-refractivity contribution in [3.05, 3.63) is 23.3 Å². The Bertz CT molecular complexity index is 405. The first-order valence-corrected chi connectivity index (χ1v) is 4.12. The van der Waals surface area contributed by atoms with Gasteiger partial charge >= 0.3 is 13.3 Å². The Kier molecular flexibility index (Phi) is 2.16. The van der Waals surface area contributed by atoms with Crippen molar-refractivity contribution < 1.29 is 28.0 Å². The number of hydrogen-bond acceptors (Lipinski definition) is 3. The number of phenolic OH excluding ortho intramolecular Hbond substituents is 1. The third kappa shape index (κ3) is 1.68. The van der Waals surface area contributed by atoms with Gasteiger partial charge in [0.1, 0.15) is 5.75 Å². The van der Waals surface area contributed by atoms with Gasteiger partial charge in [0.15, 0.2) is 0 Å². The Balaban J connectivity index is 2.54. The molecule has 15 heavy (non-hydrogen) atoms. The first-order valence-electron chi connectivity index (χ1n) is 4.12. The summed E-state index contributed by atoms with van der Waals surface area (Å²) in [5.74, 6) is -0.897. The van der Waals surface area contributed by atoms with Gasteiger partial charge in [-0.15, -0.1) is 0 Å². The van der Waals surface area contributed by atoms with E-state index in [0.29, 0.717) is 0 Å². The standard InChI is InChI=1S/C8H6BF3O3/c10-8(11,12)5-1-4-3-15-9(14)6(4)2-7(5)13/h1-2,13-14H,3H2. The van der Waals surface area contributed by atoms with E-state index in [4.69, 9.17) is 9.76 Å². The summed E-state index contributed by atoms with van der Waals surface area (Å²) in [6.07, 6.45) is -4.60. The summed E-state index contributed by atoms with van der Waals surface area (Å²) in [6, 6.07) is 1.68. The molecule has 0 saturated carbocycles. The summed E-state index contributed by atoms with van der Waals surface area (Å²) in [5.41, 5.74) is -0.688. The molecule has 0 radical (unpaired) electrons. The number of halogens is 3. The van der Waals surface area contributed by atoms with Crippen molar-refractivity contribution in [3.63, 3.8) is 0 Å². The fourth-order valence-electron chi connectivity index (χ4n) is 1.49. The van der Waals surface area contributed by atoms with Gasteiger partial charge in [-0.1, -0.05) is 0 Å². The Morgan fingerprint density at radius 2 is 2.00 bits per heavy atom. The average Bonchev–Trinajstić information content (AvgIpc) is 2.45. The molecule has 0 atom stereocenters. The molecule has 1 heterocycles. The van der Waals surface area contributed by atoms with Gasteiger partial charge in [-0.3, -0.25) is 0 Å². The maximum atomic E-state index is 12.4. The molecule has 0 unspecified atom stereocenters. The summed E-state index contributed by atoms with van der Waals surface area (Å²) >= 11 is 0. The number of rotatable bonds is 0. The fourth-order valence-corrected chi connectivity index (χ4v) is 1.49. The molecule has 80 valence electrons. The molecule has 0 fully saturated rings. The molecule has 2 rings (SSSR count). The molecule has 0 amide bonds. The highest BCUT2D eigenvalue weighted by atomic mass is 19.4. The molecule has 0 aromatic heterocycles. The van der Waals surface area contributed by atoms with Crippen LogP contribution >= 0.6 is 0 Å². The van der Waals surface area contributed by atoms with E-state index < -0.39 is 24.6 Å². The predicted octanol–water partition coefficient (Wildman–Crippen LogP) is 0.629. The zero-order valence-corrected chi connectivity index (χ0v) is 7.38. The van der Waals surface area contributed by atoms with Crippen LogP contribution in [0.25, 0.3) is 0 Å². The summed E-state index contributed by atoms with van der Waals surface area (Å²) < 4.78 is 41.8. The molecule has 0 spiro atoms. The van der Waals surface area contributed by atoms with Gasteiger partial charge in [-0.2, -0.15) is 13.2 Å². The molecular formula is C8H6BF3O3. The molecule has 0 saturated heterocycles. The van der Waals surface area contributed by atoms with Crippen LogP contribution in [0.4, 0.5) is 13.2 Å². The number of hydrogen-bond donors (Lipinski definition) is 2. The van der Waals surface area contributed by atoms with Crippen molar-refractivity contribution in [1.29, 1.82) is 0 Å². The normalized spacial score (nSPS) is 15.6. The lowest BCUT2D eigenvalue weighted by atomic mass is 9.79. The molecule has 2 N–H and O–H groups in total. The van der Waals surface area contributed by atoms with Crippen LogP contribution < -0.4 is 5.46 Å². The van der Waals surface area contributed by atoms with E-state index in [1.807, 2.05) is 0 Å². The lowest BCUT2D eigenvalue weighted by Gasteiger charge is -2.10. The van der Waals surface area contributed by atoms with E-state index >= 15 is 0 Å².